The second-order valence-corrected chi connectivity index (χ2v) is 14.6. The minimum absolute atomic E-state index is 0.223. The molecule has 6 rings (SSSR count). The lowest BCUT2D eigenvalue weighted by Crippen LogP contribution is -2.29. The van der Waals surface area contributed by atoms with Crippen LogP contribution in [0.5, 0.6) is 11.5 Å². The SMILES string of the molecule is C=CC(=O)OCC(C)(C)COc1ccc(C2(c3ccc(OCC(C)(C)COC(=O)C=C)cc3)c3ccccc3-c3cc4ccccc4cc32)cc1. The second kappa shape index (κ2) is 14.3. The number of carbonyl (C=O) groups is 2. The Labute approximate surface area is 300 Å². The van der Waals surface area contributed by atoms with Crippen LogP contribution in [0.2, 0.25) is 0 Å². The molecule has 0 fully saturated rings. The zero-order valence-corrected chi connectivity index (χ0v) is 29.7. The summed E-state index contributed by atoms with van der Waals surface area (Å²) in [4.78, 5) is 23.3. The highest BCUT2D eigenvalue weighted by atomic mass is 16.5. The van der Waals surface area contributed by atoms with Gasteiger partial charge >= 0.3 is 11.9 Å². The van der Waals surface area contributed by atoms with Crippen molar-refractivity contribution in [1.29, 1.82) is 0 Å². The van der Waals surface area contributed by atoms with Crippen molar-refractivity contribution in [2.45, 2.75) is 33.1 Å². The van der Waals surface area contributed by atoms with Gasteiger partial charge in [0.15, 0.2) is 0 Å². The van der Waals surface area contributed by atoms with Gasteiger partial charge in [-0.1, -0.05) is 114 Å². The first-order chi connectivity index (χ1) is 24.5. The van der Waals surface area contributed by atoms with Gasteiger partial charge in [-0.25, -0.2) is 9.59 Å². The van der Waals surface area contributed by atoms with Crippen LogP contribution in [-0.4, -0.2) is 38.4 Å². The van der Waals surface area contributed by atoms with Gasteiger partial charge in [0.2, 0.25) is 0 Å². The smallest absolute Gasteiger partial charge is 0.330 e. The summed E-state index contributed by atoms with van der Waals surface area (Å²) in [6.45, 7) is 16.1. The number of esters is 2. The molecule has 0 aliphatic heterocycles. The van der Waals surface area contributed by atoms with Gasteiger partial charge in [-0.2, -0.15) is 0 Å². The van der Waals surface area contributed by atoms with E-state index >= 15 is 0 Å². The molecule has 0 aromatic heterocycles. The lowest BCUT2D eigenvalue weighted by atomic mass is 9.67. The van der Waals surface area contributed by atoms with E-state index in [1.54, 1.807) is 0 Å². The Kier molecular flexibility index (Phi) is 9.88. The topological polar surface area (TPSA) is 71.1 Å². The molecule has 51 heavy (non-hydrogen) atoms. The van der Waals surface area contributed by atoms with Gasteiger partial charge in [-0.3, -0.25) is 0 Å². The molecule has 5 aromatic carbocycles. The number of carbonyl (C=O) groups excluding carboxylic acids is 2. The van der Waals surface area contributed by atoms with Crippen LogP contribution in [-0.2, 0) is 24.5 Å². The Hall–Kier alpha value is -5.62. The quantitative estimate of drug-likeness (QED) is 0.0843. The molecule has 0 heterocycles. The highest BCUT2D eigenvalue weighted by Gasteiger charge is 2.46. The molecule has 0 saturated heterocycles. The third kappa shape index (κ3) is 7.32. The van der Waals surface area contributed by atoms with E-state index in [-0.39, 0.29) is 13.2 Å². The van der Waals surface area contributed by atoms with E-state index < -0.39 is 28.2 Å². The van der Waals surface area contributed by atoms with Gasteiger partial charge in [0.05, 0.1) is 31.8 Å². The molecule has 0 bridgehead atoms. The zero-order chi connectivity index (χ0) is 36.2. The fourth-order valence-corrected chi connectivity index (χ4v) is 6.65. The van der Waals surface area contributed by atoms with E-state index in [9.17, 15) is 9.59 Å². The third-order valence-corrected chi connectivity index (χ3v) is 9.29. The average molecular weight is 681 g/mol. The van der Waals surface area contributed by atoms with Crippen LogP contribution in [0.4, 0.5) is 0 Å². The first-order valence-electron chi connectivity index (χ1n) is 17.1. The molecule has 0 amide bonds. The summed E-state index contributed by atoms with van der Waals surface area (Å²) in [5.41, 5.74) is 5.62. The molecule has 1 aliphatic rings. The van der Waals surface area contributed by atoms with Crippen molar-refractivity contribution in [3.8, 4) is 22.6 Å². The monoisotopic (exact) mass is 680 g/mol. The van der Waals surface area contributed by atoms with E-state index in [1.807, 2.05) is 52.0 Å². The van der Waals surface area contributed by atoms with Crippen LogP contribution >= 0.6 is 0 Å². The van der Waals surface area contributed by atoms with Gasteiger partial charge < -0.3 is 18.9 Å². The molecule has 6 heteroatoms. The number of hydrogen-bond donors (Lipinski definition) is 0. The maximum atomic E-state index is 11.6. The molecule has 0 unspecified atom stereocenters. The van der Waals surface area contributed by atoms with Crippen molar-refractivity contribution < 1.29 is 28.5 Å². The Bertz CT molecular complexity index is 1990. The molecular formula is C45H44O6. The molecule has 5 aromatic rings. The van der Waals surface area contributed by atoms with Crippen molar-refractivity contribution in [3.05, 3.63) is 157 Å². The van der Waals surface area contributed by atoms with Crippen LogP contribution in [0, 0.1) is 10.8 Å². The van der Waals surface area contributed by atoms with Crippen molar-refractivity contribution in [1.82, 2.24) is 0 Å². The largest absolute Gasteiger partial charge is 0.493 e. The number of benzene rings is 5. The predicted molar refractivity (Wildman–Crippen MR) is 202 cm³/mol. The summed E-state index contributed by atoms with van der Waals surface area (Å²) in [6, 6.07) is 38.5. The highest BCUT2D eigenvalue weighted by molar-refractivity contribution is 5.95. The summed E-state index contributed by atoms with van der Waals surface area (Å²) in [5, 5.41) is 2.37. The van der Waals surface area contributed by atoms with Crippen molar-refractivity contribution in [3.63, 3.8) is 0 Å². The lowest BCUT2D eigenvalue weighted by Gasteiger charge is -2.34. The van der Waals surface area contributed by atoms with E-state index in [2.05, 4.69) is 98.1 Å². The molecule has 1 aliphatic carbocycles. The Morgan fingerprint density at radius 1 is 0.569 bits per heavy atom. The van der Waals surface area contributed by atoms with Gasteiger partial charge in [0.1, 0.15) is 11.5 Å². The lowest BCUT2D eigenvalue weighted by molar-refractivity contribution is -0.142. The van der Waals surface area contributed by atoms with E-state index in [0.717, 1.165) is 22.6 Å². The number of rotatable bonds is 14. The maximum Gasteiger partial charge on any atom is 0.330 e. The number of fused-ring (bicyclic) bond motifs is 4. The van der Waals surface area contributed by atoms with E-state index in [4.69, 9.17) is 18.9 Å². The summed E-state index contributed by atoms with van der Waals surface area (Å²) >= 11 is 0. The third-order valence-electron chi connectivity index (χ3n) is 9.29. The summed E-state index contributed by atoms with van der Waals surface area (Å²) in [7, 11) is 0. The molecule has 0 N–H and O–H groups in total. The predicted octanol–water partition coefficient (Wildman–Crippen LogP) is 9.47. The van der Waals surface area contributed by atoms with Gasteiger partial charge in [0.25, 0.3) is 0 Å². The number of hydrogen-bond acceptors (Lipinski definition) is 6. The van der Waals surface area contributed by atoms with E-state index in [1.165, 1.54) is 45.2 Å². The molecule has 0 atom stereocenters. The fraction of sp³-hybridized carbons (Fsp3) is 0.244. The van der Waals surface area contributed by atoms with Crippen LogP contribution in [0.15, 0.2) is 135 Å². The fourth-order valence-electron chi connectivity index (χ4n) is 6.65. The average Bonchev–Trinajstić information content (AvgIpc) is 3.43. The van der Waals surface area contributed by atoms with Crippen LogP contribution in [0.1, 0.15) is 49.9 Å². The zero-order valence-electron chi connectivity index (χ0n) is 29.7. The minimum Gasteiger partial charge on any atom is -0.493 e. The highest BCUT2D eigenvalue weighted by Crippen LogP contribution is 2.57. The molecular weight excluding hydrogens is 636 g/mol. The summed E-state index contributed by atoms with van der Waals surface area (Å²) in [5.74, 6) is 0.564. The second-order valence-electron chi connectivity index (χ2n) is 14.6. The molecule has 0 spiro atoms. The standard InChI is InChI=1S/C45H44O6/c1-7-41(46)50-29-43(3,4)27-48-35-21-17-33(18-22-35)45(34-19-23-36(24-20-34)49-28-44(5,6)30-51-42(47)8-2)39-16-12-11-15-37(39)38-25-31-13-9-10-14-32(31)26-40(38)45/h7-26H,1-2,27-30H2,3-6H3. The van der Waals surface area contributed by atoms with Gasteiger partial charge in [-0.15, -0.1) is 0 Å². The Morgan fingerprint density at radius 3 is 1.51 bits per heavy atom. The molecule has 260 valence electrons. The van der Waals surface area contributed by atoms with Crippen molar-refractivity contribution in [2.24, 2.45) is 10.8 Å². The first kappa shape index (κ1) is 35.2. The van der Waals surface area contributed by atoms with E-state index in [0.29, 0.717) is 13.2 Å². The number of ether oxygens (including phenoxy) is 4. The molecule has 0 saturated carbocycles. The summed E-state index contributed by atoms with van der Waals surface area (Å²) < 4.78 is 23.0. The first-order valence-corrected chi connectivity index (χ1v) is 17.1. The molecule has 0 radical (unpaired) electrons. The summed E-state index contributed by atoms with van der Waals surface area (Å²) in [6.07, 6.45) is 2.34. The van der Waals surface area contributed by atoms with Crippen LogP contribution < -0.4 is 9.47 Å². The Morgan fingerprint density at radius 2 is 1.02 bits per heavy atom. The van der Waals surface area contributed by atoms with Gasteiger partial charge in [-0.05, 0) is 80.6 Å². The van der Waals surface area contributed by atoms with Gasteiger partial charge in [0, 0.05) is 23.0 Å². The van der Waals surface area contributed by atoms with Crippen molar-refractivity contribution in [2.75, 3.05) is 26.4 Å². The minimum atomic E-state index is -0.622. The van der Waals surface area contributed by atoms with Crippen molar-refractivity contribution >= 4 is 22.7 Å². The van der Waals surface area contributed by atoms with Crippen LogP contribution in [0.25, 0.3) is 21.9 Å². The van der Waals surface area contributed by atoms with Crippen LogP contribution in [0.3, 0.4) is 0 Å². The molecule has 6 nitrogen and oxygen atoms in total. The normalized spacial score (nSPS) is 13.1. The maximum absolute atomic E-state index is 11.6. The Balaban J connectivity index is 1.38.